The average molecular weight is 480 g/mol. The maximum atomic E-state index is 12.7. The molecule has 1 saturated carbocycles. The van der Waals surface area contributed by atoms with Crippen LogP contribution in [0.1, 0.15) is 42.7 Å². The molecule has 4 rings (SSSR count). The van der Waals surface area contributed by atoms with Gasteiger partial charge in [-0.3, -0.25) is 4.79 Å². The molecule has 0 aromatic heterocycles. The number of aliphatic carboxylic acids is 1. The fourth-order valence-corrected chi connectivity index (χ4v) is 5.21. The van der Waals surface area contributed by atoms with Gasteiger partial charge in [-0.15, -0.1) is 0 Å². The van der Waals surface area contributed by atoms with Gasteiger partial charge in [0.2, 0.25) is 5.91 Å². The first kappa shape index (κ1) is 24.7. The summed E-state index contributed by atoms with van der Waals surface area (Å²) in [5.41, 5.74) is 4.66. The van der Waals surface area contributed by atoms with E-state index in [0.29, 0.717) is 12.8 Å². The van der Waals surface area contributed by atoms with Crippen LogP contribution in [0.4, 0.5) is 4.79 Å². The number of carbonyl (C=O) groups is 3. The zero-order valence-electron chi connectivity index (χ0n) is 20.2. The number of alkyl carbamates (subject to hydrolysis) is 1. The van der Waals surface area contributed by atoms with Crippen molar-refractivity contribution in [2.75, 3.05) is 27.2 Å². The smallest absolute Gasteiger partial charge is 0.407 e. The van der Waals surface area contributed by atoms with Gasteiger partial charge in [-0.1, -0.05) is 55.0 Å². The second-order valence-corrected chi connectivity index (χ2v) is 9.69. The van der Waals surface area contributed by atoms with Crippen LogP contribution in [-0.4, -0.2) is 67.3 Å². The van der Waals surface area contributed by atoms with Crippen molar-refractivity contribution in [2.45, 2.75) is 43.7 Å². The van der Waals surface area contributed by atoms with E-state index in [9.17, 15) is 19.5 Å². The summed E-state index contributed by atoms with van der Waals surface area (Å²) in [5.74, 6) is -1.69. The van der Waals surface area contributed by atoms with Gasteiger partial charge in [-0.05, 0) is 55.6 Å². The molecule has 3 N–H and O–H groups in total. The topological polar surface area (TPSA) is 108 Å². The Bertz CT molecular complexity index is 1040. The monoisotopic (exact) mass is 479 g/mol. The molecule has 0 aliphatic heterocycles. The zero-order chi connectivity index (χ0) is 24.9. The first-order valence-electron chi connectivity index (χ1n) is 12.1. The summed E-state index contributed by atoms with van der Waals surface area (Å²) in [5, 5.41) is 15.0. The lowest BCUT2D eigenvalue weighted by Crippen LogP contribution is -2.50. The minimum Gasteiger partial charge on any atom is -0.480 e. The van der Waals surface area contributed by atoms with Crippen LogP contribution in [0.15, 0.2) is 48.5 Å². The molecule has 35 heavy (non-hydrogen) atoms. The fourth-order valence-electron chi connectivity index (χ4n) is 5.21. The lowest BCUT2D eigenvalue weighted by molar-refractivity contribution is -0.143. The number of carbonyl (C=O) groups excluding carboxylic acids is 2. The normalized spacial score (nSPS) is 20.0. The molecule has 2 aromatic rings. The summed E-state index contributed by atoms with van der Waals surface area (Å²) >= 11 is 0. The minimum atomic E-state index is -1.06. The molecule has 8 heteroatoms. The van der Waals surface area contributed by atoms with Gasteiger partial charge in [0.25, 0.3) is 0 Å². The Balaban J connectivity index is 1.31. The quantitative estimate of drug-likeness (QED) is 0.537. The van der Waals surface area contributed by atoms with Crippen LogP contribution in [-0.2, 0) is 14.3 Å². The molecule has 0 unspecified atom stereocenters. The van der Waals surface area contributed by atoms with Crippen molar-refractivity contribution in [2.24, 2.45) is 5.92 Å². The highest BCUT2D eigenvalue weighted by Gasteiger charge is 2.32. The zero-order valence-corrected chi connectivity index (χ0v) is 20.2. The van der Waals surface area contributed by atoms with Gasteiger partial charge in [-0.2, -0.15) is 0 Å². The van der Waals surface area contributed by atoms with Crippen LogP contribution in [0.3, 0.4) is 0 Å². The number of fused-ring (bicyclic) bond motifs is 3. The number of nitrogens with zero attached hydrogens (tertiary/aromatic N) is 1. The number of hydrogen-bond acceptors (Lipinski definition) is 5. The number of carboxylic acid groups (broad SMARTS) is 1. The molecule has 2 amide bonds. The lowest BCUT2D eigenvalue weighted by Gasteiger charge is -2.30. The van der Waals surface area contributed by atoms with Crippen LogP contribution in [0.2, 0.25) is 0 Å². The number of ether oxygens (including phenoxy) is 1. The number of hydrogen-bond donors (Lipinski definition) is 3. The molecule has 0 heterocycles. The fraction of sp³-hybridized carbons (Fsp3) is 0.444. The maximum Gasteiger partial charge on any atom is 0.407 e. The molecule has 0 saturated heterocycles. The van der Waals surface area contributed by atoms with E-state index in [2.05, 4.69) is 34.9 Å². The van der Waals surface area contributed by atoms with E-state index in [-0.39, 0.29) is 36.9 Å². The molecule has 0 radical (unpaired) electrons. The van der Waals surface area contributed by atoms with E-state index in [1.54, 1.807) is 19.0 Å². The van der Waals surface area contributed by atoms with E-state index in [1.807, 2.05) is 24.3 Å². The maximum absolute atomic E-state index is 12.7. The third-order valence-electron chi connectivity index (χ3n) is 6.87. The average Bonchev–Trinajstić information content (AvgIpc) is 3.16. The predicted molar refractivity (Wildman–Crippen MR) is 132 cm³/mol. The Hall–Kier alpha value is -3.39. The summed E-state index contributed by atoms with van der Waals surface area (Å²) < 4.78 is 5.64. The molecule has 0 bridgehead atoms. The Kier molecular flexibility index (Phi) is 7.70. The molecule has 2 aliphatic rings. The van der Waals surface area contributed by atoms with E-state index >= 15 is 0 Å². The van der Waals surface area contributed by atoms with E-state index in [4.69, 9.17) is 4.74 Å². The van der Waals surface area contributed by atoms with E-state index < -0.39 is 18.1 Å². The third kappa shape index (κ3) is 5.82. The van der Waals surface area contributed by atoms with Crippen molar-refractivity contribution >= 4 is 18.0 Å². The molecule has 2 aromatic carbocycles. The molecular formula is C27H33N3O5. The van der Waals surface area contributed by atoms with Crippen LogP contribution >= 0.6 is 0 Å². The Morgan fingerprint density at radius 2 is 1.66 bits per heavy atom. The summed E-state index contributed by atoms with van der Waals surface area (Å²) in [6, 6.07) is 15.2. The van der Waals surface area contributed by atoms with Gasteiger partial charge in [0, 0.05) is 24.4 Å². The van der Waals surface area contributed by atoms with Gasteiger partial charge in [0.05, 0.1) is 0 Å². The van der Waals surface area contributed by atoms with Crippen LogP contribution in [0.5, 0.6) is 0 Å². The molecule has 3 atom stereocenters. The highest BCUT2D eigenvalue weighted by Crippen LogP contribution is 2.44. The Morgan fingerprint density at radius 1 is 1.03 bits per heavy atom. The molecule has 0 spiro atoms. The summed E-state index contributed by atoms with van der Waals surface area (Å²) in [7, 11) is 3.52. The molecule has 2 aliphatic carbocycles. The standard InChI is InChI=1S/C27H33N3O5/c1-30(2)15-24(26(32)33)29-25(31)17-8-7-9-18(14-17)28-27(34)35-16-23-21-12-5-3-10-19(21)20-11-4-6-13-22(20)23/h3-6,10-13,17-18,23-24H,7-9,14-16H2,1-2H3,(H,28,34)(H,29,31)(H,32,33)/t17-,18-,24+/m1/s1. The van der Waals surface area contributed by atoms with Gasteiger partial charge in [0.1, 0.15) is 12.6 Å². The van der Waals surface area contributed by atoms with E-state index in [1.165, 1.54) is 11.1 Å². The van der Waals surface area contributed by atoms with Gasteiger partial charge < -0.3 is 25.4 Å². The lowest BCUT2D eigenvalue weighted by atomic mass is 9.85. The van der Waals surface area contributed by atoms with Crippen LogP contribution < -0.4 is 10.6 Å². The number of carboxylic acids is 1. The van der Waals surface area contributed by atoms with Crippen molar-refractivity contribution in [1.82, 2.24) is 15.5 Å². The highest BCUT2D eigenvalue weighted by molar-refractivity contribution is 5.85. The van der Waals surface area contributed by atoms with Crippen molar-refractivity contribution < 1.29 is 24.2 Å². The molecule has 1 fully saturated rings. The van der Waals surface area contributed by atoms with Crippen molar-refractivity contribution in [1.29, 1.82) is 0 Å². The summed E-state index contributed by atoms with van der Waals surface area (Å²) in [6.45, 7) is 0.455. The predicted octanol–water partition coefficient (Wildman–Crippen LogP) is 3.21. The van der Waals surface area contributed by atoms with Crippen molar-refractivity contribution in [3.05, 3.63) is 59.7 Å². The number of rotatable bonds is 8. The molecular weight excluding hydrogens is 446 g/mol. The van der Waals surface area contributed by atoms with Gasteiger partial charge >= 0.3 is 12.1 Å². The summed E-state index contributed by atoms with van der Waals surface area (Å²) in [6.07, 6.45) is 2.17. The number of amides is 2. The SMILES string of the molecule is CN(C)C[C@H](NC(=O)[C@@H]1CCC[C@@H](NC(=O)OCC2c3ccccc3-c3ccccc32)C1)C(=O)O. The Morgan fingerprint density at radius 3 is 2.26 bits per heavy atom. The number of benzene rings is 2. The van der Waals surface area contributed by atoms with Crippen LogP contribution in [0, 0.1) is 5.92 Å². The first-order chi connectivity index (χ1) is 16.8. The molecule has 8 nitrogen and oxygen atoms in total. The van der Waals surface area contributed by atoms with Crippen LogP contribution in [0.25, 0.3) is 11.1 Å². The third-order valence-corrected chi connectivity index (χ3v) is 6.87. The van der Waals surface area contributed by atoms with Gasteiger partial charge in [-0.25, -0.2) is 9.59 Å². The minimum absolute atomic E-state index is 0.0114. The second-order valence-electron chi connectivity index (χ2n) is 9.69. The first-order valence-corrected chi connectivity index (χ1v) is 12.1. The molecule has 186 valence electrons. The van der Waals surface area contributed by atoms with Crippen molar-refractivity contribution in [3.8, 4) is 11.1 Å². The van der Waals surface area contributed by atoms with Crippen molar-refractivity contribution in [3.63, 3.8) is 0 Å². The largest absolute Gasteiger partial charge is 0.480 e. The number of likely N-dealkylation sites (N-methyl/N-ethyl adjacent to an activating group) is 1. The second kappa shape index (κ2) is 10.9. The Labute approximate surface area is 205 Å². The highest BCUT2D eigenvalue weighted by atomic mass is 16.5. The van der Waals surface area contributed by atoms with Gasteiger partial charge in [0.15, 0.2) is 0 Å². The number of nitrogens with one attached hydrogen (secondary N) is 2. The summed E-state index contributed by atoms with van der Waals surface area (Å²) in [4.78, 5) is 38.6. The van der Waals surface area contributed by atoms with E-state index in [0.717, 1.165) is 24.0 Å².